The molecule has 0 bridgehead atoms. The minimum Gasteiger partial charge on any atom is -0.353 e. The Bertz CT molecular complexity index is 718. The van der Waals surface area contributed by atoms with Crippen molar-refractivity contribution in [2.45, 2.75) is 32.7 Å². The fraction of sp³-hybridized carbons (Fsp3) is 0.579. The van der Waals surface area contributed by atoms with Crippen LogP contribution < -0.4 is 16.4 Å². The molecule has 1 heterocycles. The summed E-state index contributed by atoms with van der Waals surface area (Å²) in [6, 6.07) is 5.13. The van der Waals surface area contributed by atoms with Gasteiger partial charge in [-0.1, -0.05) is 13.8 Å². The summed E-state index contributed by atoms with van der Waals surface area (Å²) in [5.74, 6) is -1.21. The number of carbonyl (C=O) groups excluding carboxylic acids is 2. The van der Waals surface area contributed by atoms with Crippen LogP contribution >= 0.6 is 0 Å². The normalized spacial score (nSPS) is 19.7. The van der Waals surface area contributed by atoms with Crippen LogP contribution in [0.15, 0.2) is 24.3 Å². The fourth-order valence-electron chi connectivity index (χ4n) is 3.02. The van der Waals surface area contributed by atoms with Crippen molar-refractivity contribution in [3.05, 3.63) is 30.1 Å². The van der Waals surface area contributed by atoms with Gasteiger partial charge in [0.1, 0.15) is 5.82 Å². The summed E-state index contributed by atoms with van der Waals surface area (Å²) < 4.78 is 28.7. The Morgan fingerprint density at radius 1 is 1.24 bits per heavy atom. The molecule has 0 spiro atoms. The first kappa shape index (κ1) is 23.4. The van der Waals surface area contributed by atoms with E-state index in [1.54, 1.807) is 11.2 Å². The topological polar surface area (TPSA) is 108 Å². The highest BCUT2D eigenvalue weighted by Gasteiger charge is 2.29. The second-order valence-corrected chi connectivity index (χ2v) is 8.71. The predicted octanol–water partition coefficient (Wildman–Crippen LogP) is 0.840. The molecule has 1 aliphatic rings. The first-order valence-corrected chi connectivity index (χ1v) is 10.9. The largest absolute Gasteiger partial charge is 0.353 e. The lowest BCUT2D eigenvalue weighted by atomic mass is 10.0. The van der Waals surface area contributed by atoms with Gasteiger partial charge in [-0.2, -0.15) is 0 Å². The molecule has 2 amide bonds. The quantitative estimate of drug-likeness (QED) is 0.514. The highest BCUT2D eigenvalue weighted by molar-refractivity contribution is 7.80. The van der Waals surface area contributed by atoms with E-state index in [2.05, 4.69) is 10.6 Å². The van der Waals surface area contributed by atoms with Crippen LogP contribution in [0.4, 0.5) is 10.1 Å². The molecule has 0 aliphatic carbocycles. The molecule has 0 saturated carbocycles. The maximum atomic E-state index is 12.9. The molecule has 1 saturated heterocycles. The van der Waals surface area contributed by atoms with Crippen molar-refractivity contribution in [1.29, 1.82) is 0 Å². The SMILES string of the molecule is CCCN1CCN(CC(=O)NCC(N)CC(C)C(=O)Nc2ccc(F)cc2)S1=O. The Balaban J connectivity index is 1.69. The minimum absolute atomic E-state index is 0.0557. The number of nitrogens with one attached hydrogen (secondary N) is 2. The molecule has 1 aromatic carbocycles. The lowest BCUT2D eigenvalue weighted by Crippen LogP contribution is -2.43. The molecule has 10 heteroatoms. The summed E-state index contributed by atoms with van der Waals surface area (Å²) in [6.45, 7) is 6.07. The van der Waals surface area contributed by atoms with E-state index in [1.165, 1.54) is 24.3 Å². The van der Waals surface area contributed by atoms with Crippen molar-refractivity contribution in [2.24, 2.45) is 11.7 Å². The zero-order chi connectivity index (χ0) is 21.4. The Kier molecular flexibility index (Phi) is 9.15. The lowest BCUT2D eigenvalue weighted by molar-refractivity contribution is -0.121. The monoisotopic (exact) mass is 427 g/mol. The third-order valence-electron chi connectivity index (χ3n) is 4.61. The smallest absolute Gasteiger partial charge is 0.235 e. The van der Waals surface area contributed by atoms with E-state index in [4.69, 9.17) is 5.73 Å². The van der Waals surface area contributed by atoms with E-state index >= 15 is 0 Å². The number of amides is 2. The van der Waals surface area contributed by atoms with Crippen LogP contribution in [-0.2, 0) is 20.8 Å². The molecule has 1 aliphatic heterocycles. The van der Waals surface area contributed by atoms with Gasteiger partial charge in [-0.05, 0) is 37.1 Å². The van der Waals surface area contributed by atoms with E-state index in [9.17, 15) is 18.2 Å². The average molecular weight is 428 g/mol. The summed E-state index contributed by atoms with van der Waals surface area (Å²) >= 11 is -1.27. The molecule has 1 fully saturated rings. The second-order valence-electron chi connectivity index (χ2n) is 7.22. The van der Waals surface area contributed by atoms with Gasteiger partial charge in [-0.25, -0.2) is 17.2 Å². The van der Waals surface area contributed by atoms with Gasteiger partial charge in [0, 0.05) is 43.8 Å². The average Bonchev–Trinajstić information content (AvgIpc) is 3.02. The van der Waals surface area contributed by atoms with Gasteiger partial charge in [0.15, 0.2) is 11.2 Å². The lowest BCUT2D eigenvalue weighted by Gasteiger charge is -2.19. The Morgan fingerprint density at radius 2 is 1.90 bits per heavy atom. The number of benzene rings is 1. The van der Waals surface area contributed by atoms with E-state index in [-0.39, 0.29) is 36.6 Å². The Morgan fingerprint density at radius 3 is 2.55 bits per heavy atom. The van der Waals surface area contributed by atoms with Gasteiger partial charge in [-0.15, -0.1) is 0 Å². The molecular formula is C19H30FN5O3S. The van der Waals surface area contributed by atoms with Crippen molar-refractivity contribution in [3.63, 3.8) is 0 Å². The van der Waals surface area contributed by atoms with Crippen LogP contribution in [-0.4, -0.2) is 63.4 Å². The predicted molar refractivity (Wildman–Crippen MR) is 111 cm³/mol. The van der Waals surface area contributed by atoms with Crippen molar-refractivity contribution in [2.75, 3.05) is 38.0 Å². The third-order valence-corrected chi connectivity index (χ3v) is 6.17. The number of nitrogens with zero attached hydrogens (tertiary/aromatic N) is 2. The second kappa shape index (κ2) is 11.3. The van der Waals surface area contributed by atoms with Crippen LogP contribution in [0.2, 0.25) is 0 Å². The van der Waals surface area contributed by atoms with Gasteiger partial charge in [0.05, 0.1) is 6.54 Å². The van der Waals surface area contributed by atoms with Crippen molar-refractivity contribution in [1.82, 2.24) is 13.9 Å². The molecule has 3 unspecified atom stereocenters. The van der Waals surface area contributed by atoms with E-state index in [1.807, 2.05) is 11.2 Å². The number of rotatable bonds is 10. The summed E-state index contributed by atoms with van der Waals surface area (Å²) in [6.07, 6.45) is 1.29. The van der Waals surface area contributed by atoms with Gasteiger partial charge in [-0.3, -0.25) is 9.59 Å². The van der Waals surface area contributed by atoms with Crippen LogP contribution in [0.5, 0.6) is 0 Å². The molecule has 2 rings (SSSR count). The highest BCUT2D eigenvalue weighted by atomic mass is 32.2. The molecule has 162 valence electrons. The molecule has 3 atom stereocenters. The third kappa shape index (κ3) is 7.46. The summed E-state index contributed by atoms with van der Waals surface area (Å²) in [5.41, 5.74) is 6.56. The van der Waals surface area contributed by atoms with Gasteiger partial charge in [0.25, 0.3) is 0 Å². The van der Waals surface area contributed by atoms with E-state index in [0.717, 1.165) is 13.0 Å². The standard InChI is InChI=1S/C19H30FN5O3S/c1-3-8-24-9-10-25(29(24)28)13-18(26)22-12-16(21)11-14(2)19(27)23-17-6-4-15(20)5-7-17/h4-7,14,16H,3,8-13,21H2,1-2H3,(H,22,26)(H,23,27). The zero-order valence-electron chi connectivity index (χ0n) is 16.9. The first-order chi connectivity index (χ1) is 13.8. The molecule has 1 aromatic rings. The Hall–Kier alpha value is -1.88. The summed E-state index contributed by atoms with van der Waals surface area (Å²) in [5, 5.41) is 5.46. The molecule has 0 radical (unpaired) electrons. The molecular weight excluding hydrogens is 397 g/mol. The fourth-order valence-corrected chi connectivity index (χ4v) is 4.39. The van der Waals surface area contributed by atoms with Gasteiger partial charge >= 0.3 is 0 Å². The first-order valence-electron chi connectivity index (χ1n) is 9.80. The number of anilines is 1. The van der Waals surface area contributed by atoms with E-state index in [0.29, 0.717) is 25.2 Å². The van der Waals surface area contributed by atoms with Crippen LogP contribution in [0.3, 0.4) is 0 Å². The molecule has 8 nitrogen and oxygen atoms in total. The van der Waals surface area contributed by atoms with E-state index < -0.39 is 17.2 Å². The minimum atomic E-state index is -1.27. The van der Waals surface area contributed by atoms with Crippen molar-refractivity contribution < 1.29 is 18.2 Å². The Labute approximate surface area is 173 Å². The number of halogens is 1. The maximum absolute atomic E-state index is 12.9. The maximum Gasteiger partial charge on any atom is 0.235 e. The zero-order valence-corrected chi connectivity index (χ0v) is 17.7. The molecule has 0 aromatic heterocycles. The van der Waals surface area contributed by atoms with Crippen LogP contribution in [0.25, 0.3) is 0 Å². The number of hydrogen-bond donors (Lipinski definition) is 3. The van der Waals surface area contributed by atoms with Crippen molar-refractivity contribution >= 4 is 28.7 Å². The molecule has 29 heavy (non-hydrogen) atoms. The number of carbonyl (C=O) groups is 2. The highest BCUT2D eigenvalue weighted by Crippen LogP contribution is 2.13. The number of nitrogens with two attached hydrogens (primary N) is 1. The molecule has 4 N–H and O–H groups in total. The number of hydrogen-bond acceptors (Lipinski definition) is 4. The van der Waals surface area contributed by atoms with Crippen molar-refractivity contribution in [3.8, 4) is 0 Å². The summed E-state index contributed by atoms with van der Waals surface area (Å²) in [7, 11) is 0. The summed E-state index contributed by atoms with van der Waals surface area (Å²) in [4.78, 5) is 24.4. The van der Waals surface area contributed by atoms with Gasteiger partial charge in [0.2, 0.25) is 11.8 Å². The van der Waals surface area contributed by atoms with Crippen LogP contribution in [0.1, 0.15) is 26.7 Å². The van der Waals surface area contributed by atoms with Gasteiger partial charge < -0.3 is 16.4 Å². The van der Waals surface area contributed by atoms with Crippen LogP contribution in [0, 0.1) is 11.7 Å².